The van der Waals surface area contributed by atoms with Crippen LogP contribution in [-0.4, -0.2) is 14.7 Å². The molecule has 4 heteroatoms. The molecule has 1 heterocycles. The fourth-order valence-electron chi connectivity index (χ4n) is 2.99. The first-order chi connectivity index (χ1) is 9.86. The van der Waals surface area contributed by atoms with Crippen LogP contribution in [0, 0.1) is 0 Å². The number of imidazole rings is 1. The van der Waals surface area contributed by atoms with Gasteiger partial charge in [-0.1, -0.05) is 44.5 Å². The van der Waals surface area contributed by atoms with Crippen LogP contribution in [0.25, 0.3) is 0 Å². The van der Waals surface area contributed by atoms with E-state index >= 15 is 0 Å². The van der Waals surface area contributed by atoms with Gasteiger partial charge < -0.3 is 9.67 Å². The van der Waals surface area contributed by atoms with Gasteiger partial charge in [0.1, 0.15) is 5.82 Å². The molecule has 21 heavy (non-hydrogen) atoms. The topological polar surface area (TPSA) is 38.0 Å². The zero-order valence-electron chi connectivity index (χ0n) is 12.7. The first kappa shape index (κ1) is 14.6. The summed E-state index contributed by atoms with van der Waals surface area (Å²) < 4.78 is 2.19. The predicted molar refractivity (Wildman–Crippen MR) is 84.8 cm³/mol. The Labute approximate surface area is 130 Å². The fourth-order valence-corrected chi connectivity index (χ4v) is 3.11. The number of aliphatic hydroxyl groups is 1. The highest BCUT2D eigenvalue weighted by Crippen LogP contribution is 2.35. The van der Waals surface area contributed by atoms with Gasteiger partial charge in [-0.3, -0.25) is 0 Å². The number of hydrogen-bond donors (Lipinski definition) is 1. The molecular weight excluding hydrogens is 284 g/mol. The predicted octanol–water partition coefficient (Wildman–Crippen LogP) is 3.86. The van der Waals surface area contributed by atoms with E-state index < -0.39 is 6.10 Å². The summed E-state index contributed by atoms with van der Waals surface area (Å²) in [4.78, 5) is 4.80. The molecule has 2 aromatic rings. The van der Waals surface area contributed by atoms with Crippen LogP contribution < -0.4 is 0 Å². The molecule has 1 N–H and O–H groups in total. The van der Waals surface area contributed by atoms with E-state index in [2.05, 4.69) is 25.3 Å². The molecule has 0 saturated carbocycles. The lowest BCUT2D eigenvalue weighted by Crippen LogP contribution is -2.21. The number of aryl methyl sites for hydroxylation is 1. The minimum absolute atomic E-state index is 0.0452. The third-order valence-electron chi connectivity index (χ3n) is 3.98. The van der Waals surface area contributed by atoms with Crippen LogP contribution in [0.15, 0.2) is 24.3 Å². The van der Waals surface area contributed by atoms with Crippen molar-refractivity contribution in [1.29, 1.82) is 0 Å². The van der Waals surface area contributed by atoms with Crippen molar-refractivity contribution in [2.75, 3.05) is 0 Å². The maximum atomic E-state index is 10.3. The lowest BCUT2D eigenvalue weighted by Gasteiger charge is -2.22. The maximum absolute atomic E-state index is 10.3. The van der Waals surface area contributed by atoms with Crippen molar-refractivity contribution in [2.45, 2.75) is 51.7 Å². The average Bonchev–Trinajstić information content (AvgIpc) is 2.93. The van der Waals surface area contributed by atoms with Gasteiger partial charge >= 0.3 is 0 Å². The zero-order valence-corrected chi connectivity index (χ0v) is 13.5. The third kappa shape index (κ3) is 2.72. The van der Waals surface area contributed by atoms with E-state index in [1.807, 2.05) is 24.3 Å². The number of aliphatic hydroxyl groups excluding tert-OH is 1. The molecule has 0 radical (unpaired) electrons. The number of halogens is 1. The SMILES string of the molecule is CC(C)(C)c1nc2c(n1Cc1ccc(Cl)cc1)C(O)CC2. The van der Waals surface area contributed by atoms with Gasteiger partial charge in [-0.15, -0.1) is 0 Å². The van der Waals surface area contributed by atoms with E-state index in [0.717, 1.165) is 41.6 Å². The molecular formula is C17H21ClN2O. The van der Waals surface area contributed by atoms with Crippen LogP contribution in [0.2, 0.25) is 5.02 Å². The number of rotatable bonds is 2. The Bertz CT molecular complexity index is 653. The summed E-state index contributed by atoms with van der Waals surface area (Å²) in [5.41, 5.74) is 3.18. The van der Waals surface area contributed by atoms with Crippen LogP contribution in [0.1, 0.15) is 56.1 Å². The standard InChI is InChI=1S/C17H21ClN2O/c1-17(2,3)16-19-13-8-9-14(21)15(13)20(16)10-11-4-6-12(18)7-5-11/h4-7,14,21H,8-10H2,1-3H3. The maximum Gasteiger partial charge on any atom is 0.115 e. The van der Waals surface area contributed by atoms with Crippen molar-refractivity contribution in [3.8, 4) is 0 Å². The van der Waals surface area contributed by atoms with Gasteiger partial charge in [0.25, 0.3) is 0 Å². The minimum Gasteiger partial charge on any atom is -0.387 e. The van der Waals surface area contributed by atoms with E-state index in [1.54, 1.807) is 0 Å². The second-order valence-corrected chi connectivity index (χ2v) is 7.22. The third-order valence-corrected chi connectivity index (χ3v) is 4.23. The molecule has 1 aromatic carbocycles. The highest BCUT2D eigenvalue weighted by molar-refractivity contribution is 6.30. The Morgan fingerprint density at radius 2 is 1.95 bits per heavy atom. The number of fused-ring (bicyclic) bond motifs is 1. The Kier molecular flexibility index (Phi) is 3.58. The molecule has 0 amide bonds. The second-order valence-electron chi connectivity index (χ2n) is 6.78. The number of nitrogens with zero attached hydrogens (tertiary/aromatic N) is 2. The molecule has 0 spiro atoms. The molecule has 0 fully saturated rings. The molecule has 1 aliphatic rings. The summed E-state index contributed by atoms with van der Waals surface area (Å²) in [6.45, 7) is 7.21. The van der Waals surface area contributed by atoms with Crippen LogP contribution in [-0.2, 0) is 18.4 Å². The van der Waals surface area contributed by atoms with Gasteiger partial charge in [-0.05, 0) is 30.5 Å². The van der Waals surface area contributed by atoms with Crippen molar-refractivity contribution in [3.63, 3.8) is 0 Å². The molecule has 1 aromatic heterocycles. The fraction of sp³-hybridized carbons (Fsp3) is 0.471. The smallest absolute Gasteiger partial charge is 0.115 e. The summed E-state index contributed by atoms with van der Waals surface area (Å²) in [6.07, 6.45) is 1.26. The van der Waals surface area contributed by atoms with Crippen LogP contribution in [0.3, 0.4) is 0 Å². The van der Waals surface area contributed by atoms with Crippen molar-refractivity contribution in [2.24, 2.45) is 0 Å². The Balaban J connectivity index is 2.05. The van der Waals surface area contributed by atoms with Gasteiger partial charge in [0, 0.05) is 17.0 Å². The lowest BCUT2D eigenvalue weighted by molar-refractivity contribution is 0.170. The Morgan fingerprint density at radius 3 is 2.57 bits per heavy atom. The van der Waals surface area contributed by atoms with Gasteiger partial charge in [0.05, 0.1) is 17.5 Å². The Hall–Kier alpha value is -1.32. The monoisotopic (exact) mass is 304 g/mol. The van der Waals surface area contributed by atoms with Crippen molar-refractivity contribution in [3.05, 3.63) is 52.1 Å². The average molecular weight is 305 g/mol. The second kappa shape index (κ2) is 5.15. The zero-order chi connectivity index (χ0) is 15.2. The van der Waals surface area contributed by atoms with Gasteiger partial charge in [-0.2, -0.15) is 0 Å². The molecule has 3 rings (SSSR count). The quantitative estimate of drug-likeness (QED) is 0.915. The molecule has 1 atom stereocenters. The van der Waals surface area contributed by atoms with E-state index in [1.165, 1.54) is 5.56 Å². The summed E-state index contributed by atoms with van der Waals surface area (Å²) >= 11 is 5.96. The summed E-state index contributed by atoms with van der Waals surface area (Å²) in [6, 6.07) is 7.87. The Morgan fingerprint density at radius 1 is 1.29 bits per heavy atom. The molecule has 3 nitrogen and oxygen atoms in total. The largest absolute Gasteiger partial charge is 0.387 e. The van der Waals surface area contributed by atoms with E-state index in [-0.39, 0.29) is 5.41 Å². The first-order valence-corrected chi connectivity index (χ1v) is 7.76. The summed E-state index contributed by atoms with van der Waals surface area (Å²) in [7, 11) is 0. The minimum atomic E-state index is -0.393. The summed E-state index contributed by atoms with van der Waals surface area (Å²) in [5, 5.41) is 11.0. The number of benzene rings is 1. The molecule has 1 aliphatic carbocycles. The van der Waals surface area contributed by atoms with E-state index in [4.69, 9.17) is 16.6 Å². The van der Waals surface area contributed by atoms with Crippen LogP contribution >= 0.6 is 11.6 Å². The lowest BCUT2D eigenvalue weighted by atomic mass is 9.95. The van der Waals surface area contributed by atoms with Gasteiger partial charge in [-0.25, -0.2) is 4.98 Å². The van der Waals surface area contributed by atoms with Crippen molar-refractivity contribution in [1.82, 2.24) is 9.55 Å². The highest BCUT2D eigenvalue weighted by atomic mass is 35.5. The molecule has 1 unspecified atom stereocenters. The molecule has 0 saturated heterocycles. The molecule has 112 valence electrons. The van der Waals surface area contributed by atoms with Gasteiger partial charge in [0.15, 0.2) is 0 Å². The first-order valence-electron chi connectivity index (χ1n) is 7.38. The van der Waals surface area contributed by atoms with Gasteiger partial charge in [0.2, 0.25) is 0 Å². The number of aromatic nitrogens is 2. The van der Waals surface area contributed by atoms with E-state index in [0.29, 0.717) is 0 Å². The molecule has 0 bridgehead atoms. The van der Waals surface area contributed by atoms with Crippen molar-refractivity contribution < 1.29 is 5.11 Å². The molecule has 0 aliphatic heterocycles. The van der Waals surface area contributed by atoms with Crippen LogP contribution in [0.5, 0.6) is 0 Å². The van der Waals surface area contributed by atoms with Crippen LogP contribution in [0.4, 0.5) is 0 Å². The summed E-state index contributed by atoms with van der Waals surface area (Å²) in [5.74, 6) is 1.04. The van der Waals surface area contributed by atoms with E-state index in [9.17, 15) is 5.11 Å². The van der Waals surface area contributed by atoms with Crippen molar-refractivity contribution >= 4 is 11.6 Å². The highest BCUT2D eigenvalue weighted by Gasteiger charge is 2.32. The normalized spacial score (nSPS) is 18.0. The number of hydrogen-bond acceptors (Lipinski definition) is 2.